The predicted octanol–water partition coefficient (Wildman–Crippen LogP) is 0.465. The minimum atomic E-state index is -0.808. The molecule has 4 rings (SSSR count). The Labute approximate surface area is 204 Å². The summed E-state index contributed by atoms with van der Waals surface area (Å²) in [6, 6.07) is 19.8. The molecule has 2 N–H and O–H groups in total. The summed E-state index contributed by atoms with van der Waals surface area (Å²) in [4.78, 5) is 12.1. The number of aryl methyl sites for hydroxylation is 2. The van der Waals surface area contributed by atoms with Crippen LogP contribution in [0.15, 0.2) is 71.5 Å². The third-order valence-electron chi connectivity index (χ3n) is 5.84. The Kier molecular flexibility index (Phi) is 8.50. The van der Waals surface area contributed by atoms with E-state index < -0.39 is 6.10 Å². The Hall–Kier alpha value is -3.13. The van der Waals surface area contributed by atoms with E-state index in [0.29, 0.717) is 11.3 Å². The maximum Gasteiger partial charge on any atom is 0.328 e. The molecule has 0 spiro atoms. The first-order valence-corrected chi connectivity index (χ1v) is 10.9. The number of aliphatic hydroxyl groups excluding tert-OH is 1. The lowest BCUT2D eigenvalue weighted by Crippen LogP contribution is -3.00. The molecule has 34 heavy (non-hydrogen) atoms. The van der Waals surface area contributed by atoms with Crippen molar-refractivity contribution in [1.29, 1.82) is 0 Å². The van der Waals surface area contributed by atoms with Gasteiger partial charge in [0.15, 0.2) is 0 Å². The Morgan fingerprint density at radius 1 is 0.941 bits per heavy atom. The first-order chi connectivity index (χ1) is 15.9. The largest absolute Gasteiger partial charge is 1.00 e. The van der Waals surface area contributed by atoms with Gasteiger partial charge in [0.1, 0.15) is 24.3 Å². The van der Waals surface area contributed by atoms with Gasteiger partial charge in [0.2, 0.25) is 0 Å². The Morgan fingerprint density at radius 3 is 2.29 bits per heavy atom. The van der Waals surface area contributed by atoms with E-state index in [2.05, 4.69) is 5.32 Å². The number of imidazole rings is 1. The normalized spacial score (nSPS) is 11.9. The van der Waals surface area contributed by atoms with Gasteiger partial charge < -0.3 is 27.6 Å². The number of nitrogens with zero attached hydrogens (tertiary/aromatic N) is 2. The standard InChI is InChI=1S/C26H28FN3O3.ClH/c1-29-23-12-7-20(15-24(23)30(2)26(29)32)25(31)17-33-22-10-5-19(6-11-22)16-28-14-13-18-3-8-21(27)9-4-18;/h3-12,15,25,28,31H,13-14,16-17H2,1-2H3;1H/p-1. The molecule has 0 aliphatic heterocycles. The second kappa shape index (κ2) is 11.3. The fraction of sp³-hybridized carbons (Fsp3) is 0.269. The fourth-order valence-electron chi connectivity index (χ4n) is 3.82. The molecule has 0 saturated heterocycles. The average Bonchev–Trinajstić information content (AvgIpc) is 3.05. The molecule has 180 valence electrons. The summed E-state index contributed by atoms with van der Waals surface area (Å²) in [6.07, 6.45) is 0.0278. The van der Waals surface area contributed by atoms with E-state index in [4.69, 9.17) is 4.74 Å². The summed E-state index contributed by atoms with van der Waals surface area (Å²) in [7, 11) is 3.45. The Morgan fingerprint density at radius 2 is 1.59 bits per heavy atom. The van der Waals surface area contributed by atoms with Crippen LogP contribution in [-0.4, -0.2) is 27.4 Å². The first kappa shape index (κ1) is 25.5. The molecule has 3 aromatic carbocycles. The fourth-order valence-corrected chi connectivity index (χ4v) is 3.82. The monoisotopic (exact) mass is 484 g/mol. The topological polar surface area (TPSA) is 68.4 Å². The predicted molar refractivity (Wildman–Crippen MR) is 127 cm³/mol. The molecule has 8 heteroatoms. The van der Waals surface area contributed by atoms with Crippen LogP contribution in [0.4, 0.5) is 4.39 Å². The molecule has 0 saturated carbocycles. The number of hydrogen-bond donors (Lipinski definition) is 2. The summed E-state index contributed by atoms with van der Waals surface area (Å²) in [5.74, 6) is 0.461. The number of rotatable bonds is 9. The SMILES string of the molecule is Cn1c(=O)n(C)c2cc(C(O)COc3ccc(CNCCc4ccc(F)cc4)cc3)ccc21.[Cl-]. The van der Waals surface area contributed by atoms with Crippen molar-refractivity contribution in [3.63, 3.8) is 0 Å². The maximum absolute atomic E-state index is 12.9. The molecule has 0 fully saturated rings. The number of halogens is 2. The van der Waals surface area contributed by atoms with Crippen molar-refractivity contribution in [3.05, 3.63) is 99.7 Å². The third-order valence-corrected chi connectivity index (χ3v) is 5.84. The minimum Gasteiger partial charge on any atom is -1.00 e. The van der Waals surface area contributed by atoms with Crippen molar-refractivity contribution in [2.75, 3.05) is 13.2 Å². The Balaban J connectivity index is 0.00000324. The van der Waals surface area contributed by atoms with Crippen LogP contribution in [0.2, 0.25) is 0 Å². The minimum absolute atomic E-state index is 0. The van der Waals surface area contributed by atoms with Crippen LogP contribution in [0.1, 0.15) is 22.8 Å². The zero-order chi connectivity index (χ0) is 23.4. The van der Waals surface area contributed by atoms with Crippen LogP contribution < -0.4 is 28.2 Å². The van der Waals surface area contributed by atoms with Crippen LogP contribution in [0.5, 0.6) is 5.75 Å². The van der Waals surface area contributed by atoms with Crippen molar-refractivity contribution in [2.24, 2.45) is 14.1 Å². The van der Waals surface area contributed by atoms with Gasteiger partial charge in [-0.3, -0.25) is 9.13 Å². The zero-order valence-corrected chi connectivity index (χ0v) is 19.9. The van der Waals surface area contributed by atoms with Crippen molar-refractivity contribution in [2.45, 2.75) is 19.1 Å². The smallest absolute Gasteiger partial charge is 0.328 e. The summed E-state index contributed by atoms with van der Waals surface area (Å²) in [5.41, 5.74) is 4.41. The number of nitrogens with one attached hydrogen (secondary N) is 1. The number of aliphatic hydroxyl groups is 1. The summed E-state index contributed by atoms with van der Waals surface area (Å²) in [5, 5.41) is 13.9. The number of hydrogen-bond acceptors (Lipinski definition) is 4. The highest BCUT2D eigenvalue weighted by Crippen LogP contribution is 2.21. The molecule has 6 nitrogen and oxygen atoms in total. The van der Waals surface area contributed by atoms with Gasteiger partial charge in [-0.15, -0.1) is 0 Å². The second-order valence-corrected chi connectivity index (χ2v) is 8.17. The molecule has 1 aromatic heterocycles. The molecule has 0 aliphatic rings. The van der Waals surface area contributed by atoms with Crippen LogP contribution in [0, 0.1) is 5.82 Å². The van der Waals surface area contributed by atoms with Crippen molar-refractivity contribution in [1.82, 2.24) is 14.5 Å². The molecule has 1 unspecified atom stereocenters. The highest BCUT2D eigenvalue weighted by molar-refractivity contribution is 5.77. The van der Waals surface area contributed by atoms with Crippen LogP contribution >= 0.6 is 0 Å². The van der Waals surface area contributed by atoms with E-state index in [1.165, 1.54) is 12.1 Å². The van der Waals surface area contributed by atoms with E-state index in [-0.39, 0.29) is 30.5 Å². The quantitative estimate of drug-likeness (QED) is 0.339. The number of ether oxygens (including phenoxy) is 1. The number of aromatic nitrogens is 2. The van der Waals surface area contributed by atoms with Crippen molar-refractivity contribution < 1.29 is 26.6 Å². The maximum atomic E-state index is 12.9. The van der Waals surface area contributed by atoms with E-state index in [1.807, 2.05) is 42.5 Å². The van der Waals surface area contributed by atoms with Gasteiger partial charge in [0.25, 0.3) is 0 Å². The molecule has 0 amide bonds. The summed E-state index contributed by atoms with van der Waals surface area (Å²) >= 11 is 0. The summed E-state index contributed by atoms with van der Waals surface area (Å²) in [6.45, 7) is 1.63. The van der Waals surface area contributed by atoms with Crippen molar-refractivity contribution in [3.8, 4) is 5.75 Å². The van der Waals surface area contributed by atoms with E-state index in [1.54, 1.807) is 35.4 Å². The second-order valence-electron chi connectivity index (χ2n) is 8.17. The molecule has 1 atom stereocenters. The van der Waals surface area contributed by atoms with E-state index >= 15 is 0 Å². The molecule has 0 radical (unpaired) electrons. The number of fused-ring (bicyclic) bond motifs is 1. The molecule has 4 aromatic rings. The van der Waals surface area contributed by atoms with Gasteiger partial charge in [-0.1, -0.05) is 30.3 Å². The lowest BCUT2D eigenvalue weighted by atomic mass is 10.1. The van der Waals surface area contributed by atoms with E-state index in [9.17, 15) is 14.3 Å². The third kappa shape index (κ3) is 5.86. The molecule has 0 bridgehead atoms. The van der Waals surface area contributed by atoms with Crippen LogP contribution in [0.25, 0.3) is 11.0 Å². The highest BCUT2D eigenvalue weighted by atomic mass is 35.5. The van der Waals surface area contributed by atoms with Gasteiger partial charge in [0.05, 0.1) is 11.0 Å². The lowest BCUT2D eigenvalue weighted by molar-refractivity contribution is -0.00000903. The highest BCUT2D eigenvalue weighted by Gasteiger charge is 2.13. The van der Waals surface area contributed by atoms with Gasteiger partial charge in [-0.05, 0) is 66.1 Å². The van der Waals surface area contributed by atoms with Crippen LogP contribution in [-0.2, 0) is 27.1 Å². The number of benzene rings is 3. The first-order valence-electron chi connectivity index (χ1n) is 10.9. The molecule has 0 aliphatic carbocycles. The van der Waals surface area contributed by atoms with Crippen LogP contribution in [0.3, 0.4) is 0 Å². The molecular weight excluding hydrogens is 457 g/mol. The van der Waals surface area contributed by atoms with Gasteiger partial charge >= 0.3 is 5.69 Å². The molecule has 1 heterocycles. The van der Waals surface area contributed by atoms with E-state index in [0.717, 1.165) is 41.7 Å². The van der Waals surface area contributed by atoms with Gasteiger partial charge in [-0.25, -0.2) is 9.18 Å². The summed E-state index contributed by atoms with van der Waals surface area (Å²) < 4.78 is 21.9. The van der Waals surface area contributed by atoms with Gasteiger partial charge in [-0.2, -0.15) is 0 Å². The lowest BCUT2D eigenvalue weighted by Gasteiger charge is -2.14. The zero-order valence-electron chi connectivity index (χ0n) is 19.2. The molecular formula is C26H28ClFN3O3-. The van der Waals surface area contributed by atoms with Crippen molar-refractivity contribution >= 4 is 11.0 Å². The average molecular weight is 485 g/mol. The Bertz CT molecular complexity index is 1280. The van der Waals surface area contributed by atoms with Gasteiger partial charge in [0, 0.05) is 20.6 Å².